The second-order valence-corrected chi connectivity index (χ2v) is 4.64. The van der Waals surface area contributed by atoms with Crippen molar-refractivity contribution in [2.45, 2.75) is 38.5 Å². The summed E-state index contributed by atoms with van der Waals surface area (Å²) in [5, 5.41) is 13.1. The SMILES string of the molecule is CCOc1cc(CNC2CC(OC)C2)ccc1O. The third kappa shape index (κ3) is 3.15. The molecule has 1 aromatic carbocycles. The minimum Gasteiger partial charge on any atom is -0.504 e. The molecule has 0 radical (unpaired) electrons. The number of methoxy groups -OCH3 is 1. The molecule has 100 valence electrons. The third-order valence-electron chi connectivity index (χ3n) is 3.35. The normalized spacial score (nSPS) is 22.6. The number of hydrogen-bond donors (Lipinski definition) is 2. The summed E-state index contributed by atoms with van der Waals surface area (Å²) in [5.74, 6) is 0.754. The first-order valence-corrected chi connectivity index (χ1v) is 6.43. The fourth-order valence-electron chi connectivity index (χ4n) is 2.13. The molecule has 1 fully saturated rings. The summed E-state index contributed by atoms with van der Waals surface area (Å²) in [4.78, 5) is 0. The largest absolute Gasteiger partial charge is 0.504 e. The summed E-state index contributed by atoms with van der Waals surface area (Å²) in [5.41, 5.74) is 1.12. The Bertz CT molecular complexity index is 389. The maximum atomic E-state index is 9.61. The van der Waals surface area contributed by atoms with E-state index in [-0.39, 0.29) is 5.75 Å². The lowest BCUT2D eigenvalue weighted by atomic mass is 9.89. The van der Waals surface area contributed by atoms with Crippen molar-refractivity contribution in [3.05, 3.63) is 23.8 Å². The van der Waals surface area contributed by atoms with Gasteiger partial charge in [0.2, 0.25) is 0 Å². The van der Waals surface area contributed by atoms with Gasteiger partial charge in [-0.2, -0.15) is 0 Å². The van der Waals surface area contributed by atoms with Crippen LogP contribution in [0.3, 0.4) is 0 Å². The van der Waals surface area contributed by atoms with E-state index in [0.29, 0.717) is 24.5 Å². The fraction of sp³-hybridized carbons (Fsp3) is 0.571. The average molecular weight is 251 g/mol. The summed E-state index contributed by atoms with van der Waals surface area (Å²) >= 11 is 0. The zero-order valence-corrected chi connectivity index (χ0v) is 11.0. The zero-order chi connectivity index (χ0) is 13.0. The number of phenols is 1. The van der Waals surface area contributed by atoms with Crippen LogP contribution in [0.15, 0.2) is 18.2 Å². The number of aromatic hydroxyl groups is 1. The first kappa shape index (κ1) is 13.2. The van der Waals surface area contributed by atoms with Crippen LogP contribution in [0, 0.1) is 0 Å². The quantitative estimate of drug-likeness (QED) is 0.812. The molecule has 0 spiro atoms. The van der Waals surface area contributed by atoms with E-state index in [2.05, 4.69) is 5.32 Å². The van der Waals surface area contributed by atoms with E-state index in [1.165, 1.54) is 0 Å². The number of phenolic OH excluding ortho intramolecular Hbond substituents is 1. The molecule has 0 heterocycles. The van der Waals surface area contributed by atoms with Gasteiger partial charge in [0.15, 0.2) is 11.5 Å². The van der Waals surface area contributed by atoms with Crippen molar-refractivity contribution in [2.24, 2.45) is 0 Å². The van der Waals surface area contributed by atoms with Crippen LogP contribution in [0.25, 0.3) is 0 Å². The molecule has 0 aromatic heterocycles. The lowest BCUT2D eigenvalue weighted by Gasteiger charge is -2.34. The molecule has 4 heteroatoms. The van der Waals surface area contributed by atoms with Gasteiger partial charge in [0.05, 0.1) is 12.7 Å². The Labute approximate surface area is 108 Å². The van der Waals surface area contributed by atoms with E-state index in [9.17, 15) is 5.11 Å². The zero-order valence-electron chi connectivity index (χ0n) is 11.0. The van der Waals surface area contributed by atoms with Crippen LogP contribution in [0.5, 0.6) is 11.5 Å². The fourth-order valence-corrected chi connectivity index (χ4v) is 2.13. The molecule has 0 amide bonds. The lowest BCUT2D eigenvalue weighted by Crippen LogP contribution is -2.44. The number of rotatable bonds is 6. The van der Waals surface area contributed by atoms with Crippen LogP contribution in [-0.2, 0) is 11.3 Å². The Balaban J connectivity index is 1.84. The summed E-state index contributed by atoms with van der Waals surface area (Å²) in [6, 6.07) is 6.02. The minimum absolute atomic E-state index is 0.198. The van der Waals surface area contributed by atoms with Gasteiger partial charge in [-0.15, -0.1) is 0 Å². The Hall–Kier alpha value is -1.26. The highest BCUT2D eigenvalue weighted by atomic mass is 16.5. The van der Waals surface area contributed by atoms with Gasteiger partial charge in [0, 0.05) is 19.7 Å². The maximum absolute atomic E-state index is 9.61. The van der Waals surface area contributed by atoms with Crippen molar-refractivity contribution in [3.63, 3.8) is 0 Å². The maximum Gasteiger partial charge on any atom is 0.161 e. The van der Waals surface area contributed by atoms with Crippen LogP contribution in [0.1, 0.15) is 25.3 Å². The summed E-state index contributed by atoms with van der Waals surface area (Å²) in [7, 11) is 1.76. The highest BCUT2D eigenvalue weighted by molar-refractivity contribution is 5.41. The van der Waals surface area contributed by atoms with Gasteiger partial charge >= 0.3 is 0 Å². The summed E-state index contributed by atoms with van der Waals surface area (Å²) in [6.07, 6.45) is 2.57. The third-order valence-corrected chi connectivity index (χ3v) is 3.35. The molecule has 0 bridgehead atoms. The molecular formula is C14H21NO3. The van der Waals surface area contributed by atoms with Gasteiger partial charge in [-0.05, 0) is 37.5 Å². The first-order chi connectivity index (χ1) is 8.72. The molecule has 1 aromatic rings. The van der Waals surface area contributed by atoms with Crippen LogP contribution >= 0.6 is 0 Å². The standard InChI is InChI=1S/C14H21NO3/c1-3-18-14-6-10(4-5-13(14)16)9-15-11-7-12(8-11)17-2/h4-6,11-12,15-16H,3,7-9H2,1-2H3. The van der Waals surface area contributed by atoms with Crippen molar-refractivity contribution < 1.29 is 14.6 Å². The van der Waals surface area contributed by atoms with E-state index >= 15 is 0 Å². The molecule has 2 rings (SSSR count). The van der Waals surface area contributed by atoms with Gasteiger partial charge in [0.1, 0.15) is 0 Å². The van der Waals surface area contributed by atoms with E-state index in [1.807, 2.05) is 19.1 Å². The van der Waals surface area contributed by atoms with Gasteiger partial charge in [-0.25, -0.2) is 0 Å². The highest BCUT2D eigenvalue weighted by Gasteiger charge is 2.28. The second-order valence-electron chi connectivity index (χ2n) is 4.64. The molecule has 2 N–H and O–H groups in total. The first-order valence-electron chi connectivity index (χ1n) is 6.43. The average Bonchev–Trinajstić information content (AvgIpc) is 2.32. The molecule has 0 unspecified atom stereocenters. The van der Waals surface area contributed by atoms with E-state index in [1.54, 1.807) is 13.2 Å². The Kier molecular flexibility index (Phi) is 4.44. The molecule has 0 atom stereocenters. The molecule has 18 heavy (non-hydrogen) atoms. The Morgan fingerprint density at radius 1 is 1.39 bits per heavy atom. The number of nitrogens with one attached hydrogen (secondary N) is 1. The van der Waals surface area contributed by atoms with Crippen molar-refractivity contribution in [2.75, 3.05) is 13.7 Å². The van der Waals surface area contributed by atoms with Crippen molar-refractivity contribution in [1.82, 2.24) is 5.32 Å². The predicted molar refractivity (Wildman–Crippen MR) is 69.9 cm³/mol. The monoisotopic (exact) mass is 251 g/mol. The summed E-state index contributed by atoms with van der Waals surface area (Å²) in [6.45, 7) is 3.26. The van der Waals surface area contributed by atoms with Crippen LogP contribution in [-0.4, -0.2) is 31.0 Å². The Morgan fingerprint density at radius 3 is 2.83 bits per heavy atom. The number of benzene rings is 1. The number of ether oxygens (including phenoxy) is 2. The van der Waals surface area contributed by atoms with Crippen LogP contribution < -0.4 is 10.1 Å². The van der Waals surface area contributed by atoms with Gasteiger partial charge in [0.25, 0.3) is 0 Å². The van der Waals surface area contributed by atoms with Crippen molar-refractivity contribution in [1.29, 1.82) is 0 Å². The highest BCUT2D eigenvalue weighted by Crippen LogP contribution is 2.27. The Morgan fingerprint density at radius 2 is 2.17 bits per heavy atom. The molecular weight excluding hydrogens is 230 g/mol. The molecule has 0 aliphatic heterocycles. The smallest absolute Gasteiger partial charge is 0.161 e. The van der Waals surface area contributed by atoms with Crippen molar-refractivity contribution >= 4 is 0 Å². The van der Waals surface area contributed by atoms with E-state index in [0.717, 1.165) is 24.9 Å². The van der Waals surface area contributed by atoms with E-state index < -0.39 is 0 Å². The van der Waals surface area contributed by atoms with Gasteiger partial charge in [-0.1, -0.05) is 6.07 Å². The second kappa shape index (κ2) is 6.07. The summed E-state index contributed by atoms with van der Waals surface area (Å²) < 4.78 is 10.6. The van der Waals surface area contributed by atoms with E-state index in [4.69, 9.17) is 9.47 Å². The minimum atomic E-state index is 0.198. The van der Waals surface area contributed by atoms with Gasteiger partial charge in [-0.3, -0.25) is 0 Å². The van der Waals surface area contributed by atoms with Gasteiger partial charge < -0.3 is 19.9 Å². The molecule has 1 aliphatic carbocycles. The molecule has 1 saturated carbocycles. The van der Waals surface area contributed by atoms with Crippen molar-refractivity contribution in [3.8, 4) is 11.5 Å². The van der Waals surface area contributed by atoms with Crippen LogP contribution in [0.2, 0.25) is 0 Å². The predicted octanol–water partition coefficient (Wildman–Crippen LogP) is 2.06. The lowest BCUT2D eigenvalue weighted by molar-refractivity contribution is 0.0170. The topological polar surface area (TPSA) is 50.7 Å². The number of hydrogen-bond acceptors (Lipinski definition) is 4. The van der Waals surface area contributed by atoms with Crippen LogP contribution in [0.4, 0.5) is 0 Å². The molecule has 4 nitrogen and oxygen atoms in total. The molecule has 1 aliphatic rings. The molecule has 0 saturated heterocycles.